The van der Waals surface area contributed by atoms with Crippen LogP contribution in [0, 0.1) is 42.3 Å². The van der Waals surface area contributed by atoms with Gasteiger partial charge in [-0.1, -0.05) is 48.6 Å². The normalized spacial score (nSPS) is 25.6. The zero-order valence-corrected chi connectivity index (χ0v) is 19.0. The van der Waals surface area contributed by atoms with Gasteiger partial charge in [-0.3, -0.25) is 0 Å². The average molecular weight is 415 g/mol. The largest absolute Gasteiger partial charge is 0.207 e. The van der Waals surface area contributed by atoms with Gasteiger partial charge in [0.2, 0.25) is 0 Å². The maximum Gasteiger partial charge on any atom is 0.127 e. The zero-order chi connectivity index (χ0) is 21.6. The summed E-state index contributed by atoms with van der Waals surface area (Å²) in [7, 11) is 0. The minimum atomic E-state index is -0.190. The van der Waals surface area contributed by atoms with Crippen molar-refractivity contribution in [1.29, 1.82) is 0 Å². The quantitative estimate of drug-likeness (QED) is 0.349. The molecular formula is C30H35F. The summed E-state index contributed by atoms with van der Waals surface area (Å²) >= 11 is 0. The second-order valence-corrected chi connectivity index (χ2v) is 9.69. The van der Waals surface area contributed by atoms with Crippen LogP contribution in [0.1, 0.15) is 86.5 Å². The smallest absolute Gasteiger partial charge is 0.127 e. The van der Waals surface area contributed by atoms with Crippen molar-refractivity contribution in [2.45, 2.75) is 71.1 Å². The molecule has 0 N–H and O–H groups in total. The minimum absolute atomic E-state index is 0.190. The van der Waals surface area contributed by atoms with Gasteiger partial charge in [-0.25, -0.2) is 4.39 Å². The number of halogens is 1. The fraction of sp³-hybridized carbons (Fsp3) is 0.467. The second kappa shape index (κ2) is 10.3. The van der Waals surface area contributed by atoms with E-state index in [9.17, 15) is 4.39 Å². The van der Waals surface area contributed by atoms with Crippen LogP contribution in [0.25, 0.3) is 0 Å². The molecule has 4 unspecified atom stereocenters. The van der Waals surface area contributed by atoms with Crippen molar-refractivity contribution in [3.05, 3.63) is 82.7 Å². The summed E-state index contributed by atoms with van der Waals surface area (Å²) in [4.78, 5) is 0. The Morgan fingerprint density at radius 2 is 1.61 bits per heavy atom. The highest BCUT2D eigenvalue weighted by Gasteiger charge is 2.35. The van der Waals surface area contributed by atoms with Crippen LogP contribution < -0.4 is 0 Å². The van der Waals surface area contributed by atoms with Crippen molar-refractivity contribution in [1.82, 2.24) is 0 Å². The van der Waals surface area contributed by atoms with Gasteiger partial charge in [0, 0.05) is 11.1 Å². The van der Waals surface area contributed by atoms with E-state index in [1.54, 1.807) is 13.0 Å². The van der Waals surface area contributed by atoms with Crippen LogP contribution in [0.15, 0.2) is 54.6 Å². The Labute approximate surface area is 188 Å². The van der Waals surface area contributed by atoms with Crippen molar-refractivity contribution >= 4 is 0 Å². The molecule has 2 aliphatic carbocycles. The molecular weight excluding hydrogens is 379 g/mol. The van der Waals surface area contributed by atoms with Crippen LogP contribution in [0.4, 0.5) is 4.39 Å². The van der Waals surface area contributed by atoms with E-state index in [0.717, 1.165) is 28.9 Å². The van der Waals surface area contributed by atoms with Gasteiger partial charge in [-0.15, -0.1) is 0 Å². The topological polar surface area (TPSA) is 0 Å². The lowest BCUT2D eigenvalue weighted by atomic mass is 9.63. The zero-order valence-electron chi connectivity index (χ0n) is 19.0. The standard InChI is InChI=1S/C30H35F/c1-3-4-5-6-24-13-16-29-21-28(18-17-27(29)19-24)26-14-11-23(12-15-26)9-10-25-8-7-22(2)30(31)20-25/h3-4,7-8,11-12,14-15,20,24,27-29H,5-6,13,16-19,21H2,1-2H3/b4-3+. The highest BCUT2D eigenvalue weighted by Crippen LogP contribution is 2.48. The van der Waals surface area contributed by atoms with Gasteiger partial charge < -0.3 is 0 Å². The van der Waals surface area contributed by atoms with E-state index in [2.05, 4.69) is 55.2 Å². The Hall–Kier alpha value is -2.33. The molecule has 1 heteroatoms. The number of allylic oxidation sites excluding steroid dienone is 2. The number of hydrogen-bond donors (Lipinski definition) is 0. The van der Waals surface area contributed by atoms with Gasteiger partial charge in [0.1, 0.15) is 5.82 Å². The van der Waals surface area contributed by atoms with Crippen LogP contribution >= 0.6 is 0 Å². The molecule has 0 bridgehead atoms. The molecule has 0 amide bonds. The van der Waals surface area contributed by atoms with Crippen molar-refractivity contribution in [3.8, 4) is 11.8 Å². The monoisotopic (exact) mass is 414 g/mol. The third-order valence-corrected chi connectivity index (χ3v) is 7.60. The van der Waals surface area contributed by atoms with Gasteiger partial charge in [0.05, 0.1) is 0 Å². The molecule has 4 atom stereocenters. The number of fused-ring (bicyclic) bond motifs is 1. The lowest BCUT2D eigenvalue weighted by Crippen LogP contribution is -2.30. The van der Waals surface area contributed by atoms with Crippen LogP contribution in [0.2, 0.25) is 0 Å². The first-order chi connectivity index (χ1) is 15.1. The molecule has 0 saturated heterocycles. The number of hydrogen-bond acceptors (Lipinski definition) is 0. The van der Waals surface area contributed by atoms with Gasteiger partial charge in [-0.2, -0.15) is 0 Å². The first-order valence-electron chi connectivity index (χ1n) is 12.1. The Bertz CT molecular complexity index is 956. The lowest BCUT2D eigenvalue weighted by Gasteiger charge is -2.42. The molecule has 2 aliphatic rings. The summed E-state index contributed by atoms with van der Waals surface area (Å²) < 4.78 is 13.7. The average Bonchev–Trinajstić information content (AvgIpc) is 2.80. The third kappa shape index (κ3) is 5.68. The maximum atomic E-state index is 13.7. The molecule has 0 heterocycles. The number of aryl methyl sites for hydroxylation is 1. The van der Waals surface area contributed by atoms with Crippen LogP contribution in [0.3, 0.4) is 0 Å². The molecule has 0 aromatic heterocycles. The molecule has 2 fully saturated rings. The fourth-order valence-electron chi connectivity index (χ4n) is 5.70. The predicted octanol–water partition coefficient (Wildman–Crippen LogP) is 8.19. The second-order valence-electron chi connectivity index (χ2n) is 9.69. The molecule has 2 saturated carbocycles. The summed E-state index contributed by atoms with van der Waals surface area (Å²) in [5.41, 5.74) is 3.86. The molecule has 162 valence electrons. The van der Waals surface area contributed by atoms with Crippen LogP contribution in [0.5, 0.6) is 0 Å². The van der Waals surface area contributed by atoms with Crippen LogP contribution in [-0.4, -0.2) is 0 Å². The van der Waals surface area contributed by atoms with E-state index < -0.39 is 0 Å². The highest BCUT2D eigenvalue weighted by atomic mass is 19.1. The Balaban J connectivity index is 1.33. The summed E-state index contributed by atoms with van der Waals surface area (Å²) in [5.74, 6) is 9.63. The SMILES string of the molecule is C/C=C/CCC1CCC2CC(c3ccc(C#Cc4ccc(C)c(F)c4)cc3)CCC2C1. The van der Waals surface area contributed by atoms with Crippen molar-refractivity contribution in [3.63, 3.8) is 0 Å². The molecule has 0 spiro atoms. The van der Waals surface area contributed by atoms with Crippen LogP contribution in [-0.2, 0) is 0 Å². The van der Waals surface area contributed by atoms with Crippen molar-refractivity contribution in [2.24, 2.45) is 17.8 Å². The molecule has 2 aromatic carbocycles. The summed E-state index contributed by atoms with van der Waals surface area (Å²) in [6.45, 7) is 3.90. The Morgan fingerprint density at radius 1 is 0.903 bits per heavy atom. The molecule has 2 aromatic rings. The van der Waals surface area contributed by atoms with E-state index in [1.165, 1.54) is 63.0 Å². The highest BCUT2D eigenvalue weighted by molar-refractivity contribution is 5.44. The predicted molar refractivity (Wildman–Crippen MR) is 129 cm³/mol. The maximum absolute atomic E-state index is 13.7. The molecule has 0 aliphatic heterocycles. The summed E-state index contributed by atoms with van der Waals surface area (Å²) in [6, 6.07) is 14.0. The first-order valence-corrected chi connectivity index (χ1v) is 12.1. The van der Waals surface area contributed by atoms with Gasteiger partial charge in [0.25, 0.3) is 0 Å². The van der Waals surface area contributed by atoms with Gasteiger partial charge in [0.15, 0.2) is 0 Å². The van der Waals surface area contributed by atoms with Crippen molar-refractivity contribution in [2.75, 3.05) is 0 Å². The number of benzene rings is 2. The van der Waals surface area contributed by atoms with Gasteiger partial charge >= 0.3 is 0 Å². The fourth-order valence-corrected chi connectivity index (χ4v) is 5.70. The Morgan fingerprint density at radius 3 is 2.39 bits per heavy atom. The van der Waals surface area contributed by atoms with Crippen molar-refractivity contribution < 1.29 is 4.39 Å². The Kier molecular flexibility index (Phi) is 7.29. The number of rotatable bonds is 4. The molecule has 4 rings (SSSR count). The molecule has 0 radical (unpaired) electrons. The molecule has 0 nitrogen and oxygen atoms in total. The summed E-state index contributed by atoms with van der Waals surface area (Å²) in [6.07, 6.45) is 15.6. The van der Waals surface area contributed by atoms with E-state index in [1.807, 2.05) is 6.07 Å². The third-order valence-electron chi connectivity index (χ3n) is 7.60. The minimum Gasteiger partial charge on any atom is -0.207 e. The van der Waals surface area contributed by atoms with E-state index in [-0.39, 0.29) is 5.82 Å². The lowest BCUT2D eigenvalue weighted by molar-refractivity contribution is 0.115. The van der Waals surface area contributed by atoms with E-state index >= 15 is 0 Å². The van der Waals surface area contributed by atoms with Gasteiger partial charge in [-0.05, 0) is 118 Å². The summed E-state index contributed by atoms with van der Waals surface area (Å²) in [5, 5.41) is 0. The molecule has 31 heavy (non-hydrogen) atoms. The van der Waals surface area contributed by atoms with E-state index in [4.69, 9.17) is 0 Å². The van der Waals surface area contributed by atoms with E-state index in [0.29, 0.717) is 11.5 Å². The first kappa shape index (κ1) is 21.9.